The Balaban J connectivity index is 1.66. The summed E-state index contributed by atoms with van der Waals surface area (Å²) >= 11 is 5.98. The van der Waals surface area contributed by atoms with Crippen molar-refractivity contribution in [1.29, 1.82) is 0 Å². The molecule has 0 aromatic heterocycles. The van der Waals surface area contributed by atoms with E-state index in [1.54, 1.807) is 29.2 Å². The lowest BCUT2D eigenvalue weighted by atomic mass is 10.1. The highest BCUT2D eigenvalue weighted by molar-refractivity contribution is 6.33. The molecule has 0 radical (unpaired) electrons. The first-order valence-electron chi connectivity index (χ1n) is 8.78. The molecule has 1 fully saturated rings. The van der Waals surface area contributed by atoms with E-state index in [4.69, 9.17) is 21.1 Å². The van der Waals surface area contributed by atoms with Crippen LogP contribution in [-0.2, 0) is 9.53 Å². The third-order valence-electron chi connectivity index (χ3n) is 4.21. The molecule has 152 valence electrons. The van der Waals surface area contributed by atoms with Gasteiger partial charge in [-0.2, -0.15) is 0 Å². The van der Waals surface area contributed by atoms with Crippen LogP contribution in [0.3, 0.4) is 0 Å². The molecule has 2 aromatic rings. The molecule has 1 N–H and O–H groups in total. The molecule has 0 unspecified atom stereocenters. The van der Waals surface area contributed by atoms with Crippen LogP contribution in [0.25, 0.3) is 0 Å². The summed E-state index contributed by atoms with van der Waals surface area (Å²) < 4.78 is 10.8. The van der Waals surface area contributed by atoms with Crippen LogP contribution in [0, 0.1) is 10.1 Å². The lowest BCUT2D eigenvalue weighted by Gasteiger charge is -2.27. The fourth-order valence-electron chi connectivity index (χ4n) is 2.76. The lowest BCUT2D eigenvalue weighted by molar-refractivity contribution is -0.384. The number of hydrogen-bond acceptors (Lipinski definition) is 6. The van der Waals surface area contributed by atoms with E-state index in [-0.39, 0.29) is 28.1 Å². The van der Waals surface area contributed by atoms with Gasteiger partial charge in [-0.3, -0.25) is 19.7 Å². The Labute approximate surface area is 171 Å². The van der Waals surface area contributed by atoms with E-state index in [9.17, 15) is 19.7 Å². The average molecular weight is 420 g/mol. The van der Waals surface area contributed by atoms with E-state index in [0.29, 0.717) is 31.9 Å². The van der Waals surface area contributed by atoms with Gasteiger partial charge in [-0.05, 0) is 18.2 Å². The predicted molar refractivity (Wildman–Crippen MR) is 105 cm³/mol. The van der Waals surface area contributed by atoms with Crippen LogP contribution in [0.5, 0.6) is 5.75 Å². The Morgan fingerprint density at radius 1 is 1.21 bits per heavy atom. The Kier molecular flexibility index (Phi) is 6.63. The molecule has 2 aromatic carbocycles. The molecule has 10 heteroatoms. The van der Waals surface area contributed by atoms with Crippen LogP contribution >= 0.6 is 11.6 Å². The first-order valence-corrected chi connectivity index (χ1v) is 9.16. The normalized spacial score (nSPS) is 13.6. The number of halogens is 1. The average Bonchev–Trinajstić information content (AvgIpc) is 2.74. The number of rotatable bonds is 6. The smallest absolute Gasteiger partial charge is 0.271 e. The number of para-hydroxylation sites is 1. The van der Waals surface area contributed by atoms with Crippen molar-refractivity contribution < 1.29 is 24.0 Å². The fraction of sp³-hybridized carbons (Fsp3) is 0.263. The zero-order valence-electron chi connectivity index (χ0n) is 15.3. The summed E-state index contributed by atoms with van der Waals surface area (Å²) in [6.07, 6.45) is 0. The highest BCUT2D eigenvalue weighted by Gasteiger charge is 2.22. The maximum absolute atomic E-state index is 12.7. The molecule has 0 atom stereocenters. The number of nitrogens with zero attached hydrogens (tertiary/aromatic N) is 2. The van der Waals surface area contributed by atoms with E-state index in [2.05, 4.69) is 5.32 Å². The number of morpholine rings is 1. The van der Waals surface area contributed by atoms with Crippen molar-refractivity contribution in [3.63, 3.8) is 0 Å². The standard InChI is InChI=1S/C19H18ClN3O6/c20-15-6-5-13(23(26)27)11-16(15)21-18(24)12-29-17-4-2-1-3-14(17)19(25)22-7-9-28-10-8-22/h1-6,11H,7-10,12H2,(H,21,24). The zero-order valence-corrected chi connectivity index (χ0v) is 16.1. The van der Waals surface area contributed by atoms with Crippen molar-refractivity contribution in [3.8, 4) is 5.75 Å². The quantitative estimate of drug-likeness (QED) is 0.569. The minimum Gasteiger partial charge on any atom is -0.483 e. The van der Waals surface area contributed by atoms with E-state index in [1.807, 2.05) is 0 Å². The van der Waals surface area contributed by atoms with Crippen LogP contribution in [0.2, 0.25) is 5.02 Å². The number of amides is 2. The van der Waals surface area contributed by atoms with E-state index in [1.165, 1.54) is 12.1 Å². The molecule has 1 aliphatic heterocycles. The summed E-state index contributed by atoms with van der Waals surface area (Å²) in [4.78, 5) is 36.9. The Morgan fingerprint density at radius 2 is 1.93 bits per heavy atom. The number of non-ortho nitro benzene ring substituents is 1. The second-order valence-electron chi connectivity index (χ2n) is 6.16. The van der Waals surface area contributed by atoms with E-state index < -0.39 is 17.4 Å². The van der Waals surface area contributed by atoms with Crippen LogP contribution in [0.1, 0.15) is 10.4 Å². The van der Waals surface area contributed by atoms with Gasteiger partial charge in [-0.15, -0.1) is 0 Å². The molecule has 0 bridgehead atoms. The van der Waals surface area contributed by atoms with E-state index >= 15 is 0 Å². The van der Waals surface area contributed by atoms with Crippen molar-refractivity contribution in [2.24, 2.45) is 0 Å². The van der Waals surface area contributed by atoms with Crippen molar-refractivity contribution in [1.82, 2.24) is 4.90 Å². The summed E-state index contributed by atoms with van der Waals surface area (Å²) in [5.41, 5.74) is 0.245. The first-order chi connectivity index (χ1) is 14.0. The zero-order chi connectivity index (χ0) is 20.8. The number of nitro benzene ring substituents is 1. The number of ether oxygens (including phenoxy) is 2. The number of carbonyl (C=O) groups excluding carboxylic acids is 2. The molecule has 3 rings (SSSR count). The number of carbonyl (C=O) groups is 2. The second-order valence-corrected chi connectivity index (χ2v) is 6.57. The van der Waals surface area contributed by atoms with Gasteiger partial charge in [0.15, 0.2) is 6.61 Å². The van der Waals surface area contributed by atoms with Crippen molar-refractivity contribution in [2.45, 2.75) is 0 Å². The van der Waals surface area contributed by atoms with Gasteiger partial charge in [0.1, 0.15) is 5.75 Å². The number of anilines is 1. The highest BCUT2D eigenvalue weighted by atomic mass is 35.5. The van der Waals surface area contributed by atoms with Gasteiger partial charge in [-0.1, -0.05) is 23.7 Å². The lowest BCUT2D eigenvalue weighted by Crippen LogP contribution is -2.40. The van der Waals surface area contributed by atoms with Crippen LogP contribution in [0.4, 0.5) is 11.4 Å². The topological polar surface area (TPSA) is 111 Å². The molecule has 0 aliphatic carbocycles. The summed E-state index contributed by atoms with van der Waals surface area (Å²) in [5, 5.41) is 13.5. The van der Waals surface area contributed by atoms with Gasteiger partial charge in [-0.25, -0.2) is 0 Å². The first kappa shape index (κ1) is 20.6. The molecule has 9 nitrogen and oxygen atoms in total. The third kappa shape index (κ3) is 5.21. The summed E-state index contributed by atoms with van der Waals surface area (Å²) in [7, 11) is 0. The molecule has 29 heavy (non-hydrogen) atoms. The molecule has 1 aliphatic rings. The number of benzene rings is 2. The minimum atomic E-state index is -0.587. The van der Waals surface area contributed by atoms with Gasteiger partial charge in [0.25, 0.3) is 17.5 Å². The molecule has 2 amide bonds. The summed E-state index contributed by atoms with van der Waals surface area (Å²) in [5.74, 6) is -0.503. The Bertz CT molecular complexity index is 930. The monoisotopic (exact) mass is 419 g/mol. The number of nitrogens with one attached hydrogen (secondary N) is 1. The van der Waals surface area contributed by atoms with Gasteiger partial charge >= 0.3 is 0 Å². The van der Waals surface area contributed by atoms with Crippen LogP contribution in [0.15, 0.2) is 42.5 Å². The summed E-state index contributed by atoms with van der Waals surface area (Å²) in [6.45, 7) is 1.52. The maximum Gasteiger partial charge on any atom is 0.271 e. The summed E-state index contributed by atoms with van der Waals surface area (Å²) in [6, 6.07) is 10.4. The van der Waals surface area contributed by atoms with Crippen molar-refractivity contribution in [3.05, 3.63) is 63.2 Å². The highest BCUT2D eigenvalue weighted by Crippen LogP contribution is 2.27. The van der Waals surface area contributed by atoms with Crippen molar-refractivity contribution >= 4 is 34.8 Å². The molecular formula is C19H18ClN3O6. The third-order valence-corrected chi connectivity index (χ3v) is 4.54. The Morgan fingerprint density at radius 3 is 2.66 bits per heavy atom. The van der Waals surface area contributed by atoms with Gasteiger partial charge in [0.2, 0.25) is 0 Å². The van der Waals surface area contributed by atoms with Crippen LogP contribution in [-0.4, -0.2) is 54.5 Å². The number of nitro groups is 1. The molecule has 0 spiro atoms. The largest absolute Gasteiger partial charge is 0.483 e. The fourth-order valence-corrected chi connectivity index (χ4v) is 2.92. The minimum absolute atomic E-state index is 0.104. The molecule has 0 saturated carbocycles. The molecular weight excluding hydrogens is 402 g/mol. The Hall–Kier alpha value is -3.17. The SMILES string of the molecule is O=C(COc1ccccc1C(=O)N1CCOCC1)Nc1cc([N+](=O)[O-])ccc1Cl. The van der Waals surface area contributed by atoms with Gasteiger partial charge < -0.3 is 19.7 Å². The maximum atomic E-state index is 12.7. The number of hydrogen-bond donors (Lipinski definition) is 1. The van der Waals surface area contributed by atoms with Crippen molar-refractivity contribution in [2.75, 3.05) is 38.2 Å². The van der Waals surface area contributed by atoms with Gasteiger partial charge in [0, 0.05) is 25.2 Å². The molecule has 1 saturated heterocycles. The second kappa shape index (κ2) is 9.35. The van der Waals surface area contributed by atoms with Gasteiger partial charge in [0.05, 0.1) is 34.4 Å². The van der Waals surface area contributed by atoms with E-state index in [0.717, 1.165) is 6.07 Å². The van der Waals surface area contributed by atoms with Crippen LogP contribution < -0.4 is 10.1 Å². The predicted octanol–water partition coefficient (Wildman–Crippen LogP) is 2.74. The molecule has 1 heterocycles.